The van der Waals surface area contributed by atoms with Crippen LogP contribution >= 0.6 is 0 Å². The van der Waals surface area contributed by atoms with E-state index in [1.165, 1.54) is 25.0 Å². The second-order valence-electron chi connectivity index (χ2n) is 4.32. The van der Waals surface area contributed by atoms with Crippen LogP contribution in [0.25, 0.3) is 0 Å². The lowest BCUT2D eigenvalue weighted by atomic mass is 10.2. The first-order valence-electron chi connectivity index (χ1n) is 6.41. The SMILES string of the molecule is CCCC[n+]1ccn(C)c1.O=C([O-])c1ccccc1. The highest BCUT2D eigenvalue weighted by molar-refractivity contribution is 5.85. The zero-order valence-corrected chi connectivity index (χ0v) is 11.5. The van der Waals surface area contributed by atoms with Gasteiger partial charge in [-0.05, 0) is 12.0 Å². The maximum atomic E-state index is 10.1. The molecule has 0 fully saturated rings. The molecule has 0 aliphatic heterocycles. The molecule has 0 aliphatic rings. The summed E-state index contributed by atoms with van der Waals surface area (Å²) in [5.41, 5.74) is 0.220. The third-order valence-corrected chi connectivity index (χ3v) is 2.60. The molecule has 0 amide bonds. The fourth-order valence-corrected chi connectivity index (χ4v) is 1.55. The van der Waals surface area contributed by atoms with Crippen molar-refractivity contribution in [2.75, 3.05) is 0 Å². The van der Waals surface area contributed by atoms with E-state index in [4.69, 9.17) is 0 Å². The predicted molar refractivity (Wildman–Crippen MR) is 71.3 cm³/mol. The number of nitrogens with zero attached hydrogens (tertiary/aromatic N) is 2. The third-order valence-electron chi connectivity index (χ3n) is 2.60. The van der Waals surface area contributed by atoms with Crippen LogP contribution in [0.1, 0.15) is 30.1 Å². The second kappa shape index (κ2) is 8.08. The Bertz CT molecular complexity index is 492. The van der Waals surface area contributed by atoms with Gasteiger partial charge in [0.1, 0.15) is 12.4 Å². The highest BCUT2D eigenvalue weighted by Gasteiger charge is 1.96. The maximum Gasteiger partial charge on any atom is 0.243 e. The van der Waals surface area contributed by atoms with Crippen molar-refractivity contribution in [1.29, 1.82) is 0 Å². The van der Waals surface area contributed by atoms with Gasteiger partial charge in [0, 0.05) is 0 Å². The average molecular weight is 260 g/mol. The van der Waals surface area contributed by atoms with Crippen molar-refractivity contribution < 1.29 is 14.5 Å². The normalized spacial score (nSPS) is 9.58. The van der Waals surface area contributed by atoms with E-state index in [1.54, 1.807) is 18.2 Å². The van der Waals surface area contributed by atoms with Gasteiger partial charge in [-0.25, -0.2) is 9.13 Å². The van der Waals surface area contributed by atoms with Gasteiger partial charge < -0.3 is 9.90 Å². The predicted octanol–water partition coefficient (Wildman–Crippen LogP) is 1.16. The van der Waals surface area contributed by atoms with Gasteiger partial charge in [0.2, 0.25) is 6.33 Å². The Morgan fingerprint density at radius 2 is 2.00 bits per heavy atom. The lowest BCUT2D eigenvalue weighted by Crippen LogP contribution is -2.30. The minimum Gasteiger partial charge on any atom is -0.545 e. The number of benzene rings is 1. The molecular formula is C15H20N2O2. The molecule has 1 heterocycles. The molecule has 1 aromatic carbocycles. The van der Waals surface area contributed by atoms with E-state index in [2.05, 4.69) is 34.8 Å². The Kier molecular flexibility index (Phi) is 6.36. The minimum absolute atomic E-state index is 0.220. The first kappa shape index (κ1) is 15.0. The molecule has 2 rings (SSSR count). The van der Waals surface area contributed by atoms with Gasteiger partial charge in [-0.2, -0.15) is 0 Å². The number of aromatic carboxylic acids is 1. The van der Waals surface area contributed by atoms with Crippen molar-refractivity contribution >= 4 is 5.97 Å². The van der Waals surface area contributed by atoms with Gasteiger partial charge in [0.05, 0.1) is 19.6 Å². The van der Waals surface area contributed by atoms with Gasteiger partial charge in [-0.15, -0.1) is 0 Å². The summed E-state index contributed by atoms with van der Waals surface area (Å²) in [6, 6.07) is 8.06. The number of hydrogen-bond acceptors (Lipinski definition) is 2. The number of imidazole rings is 1. The van der Waals surface area contributed by atoms with Gasteiger partial charge in [-0.1, -0.05) is 43.7 Å². The molecule has 0 saturated carbocycles. The van der Waals surface area contributed by atoms with Crippen LogP contribution in [-0.4, -0.2) is 10.5 Å². The van der Waals surface area contributed by atoms with Crippen LogP contribution in [0.2, 0.25) is 0 Å². The van der Waals surface area contributed by atoms with Gasteiger partial charge in [0.25, 0.3) is 0 Å². The molecule has 0 atom stereocenters. The molecule has 0 radical (unpaired) electrons. The standard InChI is InChI=1S/C8H15N2.C7H6O2/c1-3-4-5-10-7-6-9(2)8-10;8-7(9)6-4-2-1-3-5-6/h6-8H,3-5H2,1-2H3;1-5H,(H,8,9)/q+1;/p-1. The minimum atomic E-state index is -1.13. The molecule has 102 valence electrons. The van der Waals surface area contributed by atoms with Crippen molar-refractivity contribution in [2.24, 2.45) is 7.05 Å². The monoisotopic (exact) mass is 260 g/mol. The van der Waals surface area contributed by atoms with Gasteiger partial charge in [-0.3, -0.25) is 0 Å². The first-order chi connectivity index (χ1) is 9.13. The molecule has 0 bridgehead atoms. The van der Waals surface area contributed by atoms with Crippen LogP contribution < -0.4 is 9.67 Å². The van der Waals surface area contributed by atoms with E-state index in [9.17, 15) is 9.90 Å². The number of carboxylic acids is 1. The smallest absolute Gasteiger partial charge is 0.243 e. The van der Waals surface area contributed by atoms with Crippen LogP contribution in [0, 0.1) is 0 Å². The highest BCUT2D eigenvalue weighted by atomic mass is 16.4. The number of rotatable bonds is 4. The van der Waals surface area contributed by atoms with Crippen LogP contribution in [0.4, 0.5) is 0 Å². The van der Waals surface area contributed by atoms with Crippen molar-refractivity contribution in [2.45, 2.75) is 26.3 Å². The molecule has 2 aromatic rings. The summed E-state index contributed by atoms with van der Waals surface area (Å²) in [6.45, 7) is 3.36. The van der Waals surface area contributed by atoms with Crippen molar-refractivity contribution in [3.8, 4) is 0 Å². The molecule has 19 heavy (non-hydrogen) atoms. The molecule has 4 nitrogen and oxygen atoms in total. The zero-order chi connectivity index (χ0) is 14.1. The first-order valence-corrected chi connectivity index (χ1v) is 6.41. The maximum absolute atomic E-state index is 10.1. The summed E-state index contributed by atoms with van der Waals surface area (Å²) in [6.07, 6.45) is 8.82. The van der Waals surface area contributed by atoms with Crippen LogP contribution in [0.3, 0.4) is 0 Å². The van der Waals surface area contributed by atoms with Crippen LogP contribution in [0.15, 0.2) is 49.1 Å². The largest absolute Gasteiger partial charge is 0.545 e. The van der Waals surface area contributed by atoms with E-state index in [-0.39, 0.29) is 5.56 Å². The van der Waals surface area contributed by atoms with E-state index in [1.807, 2.05) is 7.05 Å². The van der Waals surface area contributed by atoms with E-state index < -0.39 is 5.97 Å². The molecule has 0 N–H and O–H groups in total. The summed E-state index contributed by atoms with van der Waals surface area (Å²) in [5, 5.41) is 10.1. The molecule has 0 unspecified atom stereocenters. The lowest BCUT2D eigenvalue weighted by Gasteiger charge is -1.97. The van der Waals surface area contributed by atoms with Crippen molar-refractivity contribution in [3.05, 3.63) is 54.6 Å². The summed E-state index contributed by atoms with van der Waals surface area (Å²) in [5.74, 6) is -1.13. The van der Waals surface area contributed by atoms with E-state index in [0.29, 0.717) is 0 Å². The lowest BCUT2D eigenvalue weighted by molar-refractivity contribution is -0.696. The number of aromatic nitrogens is 2. The summed E-state index contributed by atoms with van der Waals surface area (Å²) >= 11 is 0. The molecule has 0 spiro atoms. The number of hydrogen-bond donors (Lipinski definition) is 0. The number of unbranched alkanes of at least 4 members (excludes halogenated alkanes) is 1. The fraction of sp³-hybridized carbons (Fsp3) is 0.333. The average Bonchev–Trinajstić information content (AvgIpc) is 2.84. The molecule has 1 aromatic heterocycles. The Morgan fingerprint density at radius 1 is 1.32 bits per heavy atom. The highest BCUT2D eigenvalue weighted by Crippen LogP contribution is 1.94. The van der Waals surface area contributed by atoms with Gasteiger partial charge >= 0.3 is 0 Å². The van der Waals surface area contributed by atoms with E-state index in [0.717, 1.165) is 6.54 Å². The third kappa shape index (κ3) is 5.86. The van der Waals surface area contributed by atoms with Crippen LogP contribution in [0.5, 0.6) is 0 Å². The number of carboxylic acid groups (broad SMARTS) is 1. The summed E-state index contributed by atoms with van der Waals surface area (Å²) < 4.78 is 4.28. The Hall–Kier alpha value is -2.10. The second-order valence-corrected chi connectivity index (χ2v) is 4.32. The topological polar surface area (TPSA) is 48.9 Å². The summed E-state index contributed by atoms with van der Waals surface area (Å²) in [7, 11) is 2.04. The molecule has 0 aliphatic carbocycles. The fourth-order valence-electron chi connectivity index (χ4n) is 1.55. The summed E-state index contributed by atoms with van der Waals surface area (Å²) in [4.78, 5) is 10.1. The number of aryl methyl sites for hydroxylation is 2. The van der Waals surface area contributed by atoms with Gasteiger partial charge in [0.15, 0.2) is 0 Å². The molecular weight excluding hydrogens is 240 g/mol. The Labute approximate surface area is 113 Å². The Balaban J connectivity index is 0.000000191. The van der Waals surface area contributed by atoms with Crippen molar-refractivity contribution in [1.82, 2.24) is 4.57 Å². The Morgan fingerprint density at radius 3 is 2.42 bits per heavy atom. The number of carbonyl (C=O) groups is 1. The quantitative estimate of drug-likeness (QED) is 0.775. The molecule has 0 saturated heterocycles. The van der Waals surface area contributed by atoms with Crippen LogP contribution in [-0.2, 0) is 13.6 Å². The number of carbonyl (C=O) groups excluding carboxylic acids is 1. The van der Waals surface area contributed by atoms with Crippen molar-refractivity contribution in [3.63, 3.8) is 0 Å². The van der Waals surface area contributed by atoms with E-state index >= 15 is 0 Å². The zero-order valence-electron chi connectivity index (χ0n) is 11.5. The molecule has 4 heteroatoms.